The molecule has 2 aliphatic rings. The fraction of sp³-hybridized carbons (Fsp3) is 0.795. The second kappa shape index (κ2) is 30.3. The number of amides is 6. The van der Waals surface area contributed by atoms with Gasteiger partial charge in [-0.15, -0.1) is 0 Å². The van der Waals surface area contributed by atoms with Crippen LogP contribution in [0, 0.1) is 0 Å². The van der Waals surface area contributed by atoms with Crippen LogP contribution in [-0.4, -0.2) is 180 Å². The molecule has 2 rings (SSSR count). The summed E-state index contributed by atoms with van der Waals surface area (Å²) >= 11 is 0. The molecule has 27 heteroatoms. The van der Waals surface area contributed by atoms with E-state index in [1.807, 2.05) is 0 Å². The highest BCUT2D eigenvalue weighted by Crippen LogP contribution is 2.24. The minimum Gasteiger partial charge on any atom is -0.480 e. The van der Waals surface area contributed by atoms with Crippen molar-refractivity contribution >= 4 is 47.6 Å². The number of hydrogen-bond donors (Lipinski definition) is 17. The molecule has 1 saturated heterocycles. The van der Waals surface area contributed by atoms with Crippen LogP contribution in [0.5, 0.6) is 0 Å². The van der Waals surface area contributed by atoms with Gasteiger partial charge in [-0.2, -0.15) is 0 Å². The normalized spacial score (nSPS) is 23.7. The number of nitrogens with zero attached hydrogens (tertiary/aromatic N) is 1. The summed E-state index contributed by atoms with van der Waals surface area (Å²) in [7, 11) is 0. The number of nitrogens with one attached hydrogen (secondary N) is 7. The molecular formula is C39H74N14O13. The van der Waals surface area contributed by atoms with Gasteiger partial charge >= 0.3 is 12.1 Å². The molecule has 6 amide bonds. The summed E-state index contributed by atoms with van der Waals surface area (Å²) in [5, 5.41) is 60.1. The zero-order valence-corrected chi connectivity index (χ0v) is 37.5. The molecule has 0 spiro atoms. The van der Waals surface area contributed by atoms with Crippen LogP contribution in [0.2, 0.25) is 0 Å². The monoisotopic (exact) mass is 947 g/mol. The SMILES string of the molecule is CC(=O)N[C@@H](CCCNC(=O)C[C@@H](N)CCCNC(=O)C[C@@H](N)CCCNC(=O)C[C@@H](N)CCCN)CC(=O)N[C@@H]1[C@H](O)[C@@H](OC(N)=O)[C@@H](CO)O[C@H]1NC1=N[C@H]([C@H](O)CN)[C@@H](C(=O)O)N1. The number of carbonyl (C=O) groups excluding carboxylic acids is 6. The molecule has 27 nitrogen and oxygen atoms in total. The number of nitrogens with two attached hydrogens (primary N) is 6. The number of guanidine groups is 1. The van der Waals surface area contributed by atoms with Crippen LogP contribution in [-0.2, 0) is 38.2 Å². The second-order valence-corrected chi connectivity index (χ2v) is 16.5. The fourth-order valence-corrected chi connectivity index (χ4v) is 7.39. The number of rotatable bonds is 31. The summed E-state index contributed by atoms with van der Waals surface area (Å²) in [6.07, 6.45) is -4.70. The van der Waals surface area contributed by atoms with Crippen molar-refractivity contribution in [3.63, 3.8) is 0 Å². The molecule has 0 radical (unpaired) electrons. The predicted molar refractivity (Wildman–Crippen MR) is 237 cm³/mol. The van der Waals surface area contributed by atoms with Crippen molar-refractivity contribution in [3.8, 4) is 0 Å². The Labute approximate surface area is 383 Å². The Morgan fingerprint density at radius 1 is 0.803 bits per heavy atom. The van der Waals surface area contributed by atoms with Crippen LogP contribution >= 0.6 is 0 Å². The van der Waals surface area contributed by atoms with Crippen molar-refractivity contribution in [1.82, 2.24) is 37.2 Å². The highest BCUT2D eigenvalue weighted by molar-refractivity contribution is 5.90. The van der Waals surface area contributed by atoms with Crippen LogP contribution < -0.4 is 71.6 Å². The van der Waals surface area contributed by atoms with E-state index in [1.165, 1.54) is 6.92 Å². The lowest BCUT2D eigenvalue weighted by atomic mass is 9.95. The predicted octanol–water partition coefficient (Wildman–Crippen LogP) is -6.82. The molecule has 1 fully saturated rings. The van der Waals surface area contributed by atoms with Gasteiger partial charge in [0, 0.05) is 83.0 Å². The molecule has 0 bridgehead atoms. The summed E-state index contributed by atoms with van der Waals surface area (Å²) < 4.78 is 10.8. The van der Waals surface area contributed by atoms with Crippen molar-refractivity contribution in [2.45, 2.75) is 157 Å². The first kappa shape index (κ1) is 57.1. The van der Waals surface area contributed by atoms with Gasteiger partial charge in [-0.1, -0.05) is 0 Å². The van der Waals surface area contributed by atoms with Gasteiger partial charge in [0.2, 0.25) is 29.5 Å². The average molecular weight is 947 g/mol. The molecule has 23 N–H and O–H groups in total. The van der Waals surface area contributed by atoms with Gasteiger partial charge in [0.25, 0.3) is 0 Å². The fourth-order valence-electron chi connectivity index (χ4n) is 7.39. The number of ether oxygens (including phenoxy) is 2. The van der Waals surface area contributed by atoms with Crippen LogP contribution in [0.3, 0.4) is 0 Å². The Hall–Kier alpha value is -5.00. The Bertz CT molecular complexity index is 1600. The minimum absolute atomic E-state index is 0.0122. The maximum absolute atomic E-state index is 13.5. The van der Waals surface area contributed by atoms with E-state index < -0.39 is 91.3 Å². The van der Waals surface area contributed by atoms with Gasteiger partial charge < -0.3 is 102 Å². The van der Waals surface area contributed by atoms with Gasteiger partial charge in [-0.25, -0.2) is 14.6 Å². The van der Waals surface area contributed by atoms with E-state index in [9.17, 15) is 54.0 Å². The Balaban J connectivity index is 1.82. The van der Waals surface area contributed by atoms with Crippen molar-refractivity contribution in [1.29, 1.82) is 0 Å². The zero-order valence-electron chi connectivity index (χ0n) is 37.5. The lowest BCUT2D eigenvalue weighted by molar-refractivity contribution is -0.198. The summed E-state index contributed by atoms with van der Waals surface area (Å²) in [5.41, 5.74) is 34.3. The highest BCUT2D eigenvalue weighted by Gasteiger charge is 2.49. The molecule has 2 aliphatic heterocycles. The number of aliphatic hydroxyl groups is 3. The van der Waals surface area contributed by atoms with Crippen LogP contribution in [0.15, 0.2) is 4.99 Å². The van der Waals surface area contributed by atoms with E-state index in [0.717, 1.165) is 6.42 Å². The first-order chi connectivity index (χ1) is 31.3. The number of aliphatic imine (C=N–C) groups is 1. The summed E-state index contributed by atoms with van der Waals surface area (Å²) in [4.78, 5) is 90.1. The molecule has 0 saturated carbocycles. The van der Waals surface area contributed by atoms with E-state index in [2.05, 4.69) is 42.2 Å². The first-order valence-electron chi connectivity index (χ1n) is 22.2. The number of carboxylic acid groups (broad SMARTS) is 1. The molecule has 66 heavy (non-hydrogen) atoms. The van der Waals surface area contributed by atoms with E-state index >= 15 is 0 Å². The Kier molecular flexibility index (Phi) is 26.2. The first-order valence-corrected chi connectivity index (χ1v) is 22.2. The number of carboxylic acids is 1. The molecule has 0 unspecified atom stereocenters. The van der Waals surface area contributed by atoms with Crippen molar-refractivity contribution in [2.75, 3.05) is 39.3 Å². The van der Waals surface area contributed by atoms with Gasteiger partial charge in [-0.05, 0) is 57.9 Å². The summed E-state index contributed by atoms with van der Waals surface area (Å²) in [5.74, 6) is -3.44. The van der Waals surface area contributed by atoms with E-state index in [0.29, 0.717) is 58.2 Å². The third kappa shape index (κ3) is 21.5. The topological polar surface area (TPSA) is 472 Å². The van der Waals surface area contributed by atoms with E-state index in [-0.39, 0.29) is 81.0 Å². The molecule has 2 heterocycles. The maximum Gasteiger partial charge on any atom is 0.404 e. The van der Waals surface area contributed by atoms with Gasteiger partial charge in [0.1, 0.15) is 24.3 Å². The number of aliphatic carboxylic acids is 1. The molecule has 378 valence electrons. The third-order valence-electron chi connectivity index (χ3n) is 10.7. The van der Waals surface area contributed by atoms with E-state index in [4.69, 9.17) is 43.9 Å². The number of aliphatic hydroxyl groups excluding tert-OH is 3. The maximum atomic E-state index is 13.5. The Morgan fingerprint density at radius 2 is 1.32 bits per heavy atom. The van der Waals surface area contributed by atoms with Crippen LogP contribution in [0.4, 0.5) is 4.79 Å². The molecule has 0 aromatic carbocycles. The smallest absolute Gasteiger partial charge is 0.404 e. The van der Waals surface area contributed by atoms with Crippen molar-refractivity contribution < 1.29 is 63.5 Å². The summed E-state index contributed by atoms with van der Waals surface area (Å²) in [6.45, 7) is 1.62. The Morgan fingerprint density at radius 3 is 1.77 bits per heavy atom. The minimum atomic E-state index is -1.76. The molecule has 0 aliphatic carbocycles. The van der Waals surface area contributed by atoms with Crippen LogP contribution in [0.1, 0.15) is 84.0 Å². The number of carbonyl (C=O) groups is 7. The van der Waals surface area contributed by atoms with Gasteiger partial charge in [0.05, 0.1) is 12.7 Å². The molecule has 12 atom stereocenters. The third-order valence-corrected chi connectivity index (χ3v) is 10.7. The second-order valence-electron chi connectivity index (χ2n) is 16.5. The highest BCUT2D eigenvalue weighted by atomic mass is 16.6. The van der Waals surface area contributed by atoms with Crippen molar-refractivity contribution in [3.05, 3.63) is 0 Å². The van der Waals surface area contributed by atoms with Gasteiger partial charge in [-0.3, -0.25) is 24.0 Å². The average Bonchev–Trinajstić information content (AvgIpc) is 3.67. The van der Waals surface area contributed by atoms with Gasteiger partial charge in [0.15, 0.2) is 24.3 Å². The quantitative estimate of drug-likeness (QED) is 0.0287. The lowest BCUT2D eigenvalue weighted by Gasteiger charge is -2.44. The lowest BCUT2D eigenvalue weighted by Crippen LogP contribution is -2.69. The summed E-state index contributed by atoms with van der Waals surface area (Å²) in [6, 6.07) is -5.96. The molecular weight excluding hydrogens is 873 g/mol. The molecule has 0 aromatic heterocycles. The standard InChI is InChI=1S/C39H74N14O13/c1-20(55)49-24(9-5-13-48-29(59)16-23(44)8-4-12-47-28(58)15-22(43)7-3-11-46-27(57)14-21(42)6-2-10-40)17-30(60)50-33-34(61)35(66-38(45)64)26(19-54)65-36(33)53-39-51-31(25(56)18-41)32(52-39)37(62)63/h21-26,31-36,54,56,61H,2-19,40-44H2,1H3,(H2,45,64)(H,46,57)(H,47,58)(H,48,59)(H,49,55)(H,50,60)(H,62,63)(H2,51,52,53)/t21-,22-,23-,24-,25+,26+,31+,32-,33+,34-,35-,36+/m0/s1. The van der Waals surface area contributed by atoms with Crippen molar-refractivity contribution in [2.24, 2.45) is 39.4 Å². The number of primary amides is 1. The van der Waals surface area contributed by atoms with E-state index in [1.54, 1.807) is 0 Å². The number of hydrogen-bond acceptors (Lipinski definition) is 20. The largest absolute Gasteiger partial charge is 0.480 e. The van der Waals surface area contributed by atoms with Crippen LogP contribution in [0.25, 0.3) is 0 Å². The molecule has 0 aromatic rings. The zero-order chi connectivity index (χ0) is 49.3.